The second-order valence-corrected chi connectivity index (χ2v) is 4.52. The van der Waals surface area contributed by atoms with Gasteiger partial charge in [0.2, 0.25) is 0 Å². The van der Waals surface area contributed by atoms with Gasteiger partial charge in [0.15, 0.2) is 5.78 Å². The molecule has 0 N–H and O–H groups in total. The van der Waals surface area contributed by atoms with E-state index in [2.05, 4.69) is 0 Å². The Morgan fingerprint density at radius 1 is 0.889 bits per heavy atom. The van der Waals surface area contributed by atoms with Crippen LogP contribution < -0.4 is 0 Å². The molecule has 2 aromatic rings. The number of ketones is 1. The summed E-state index contributed by atoms with van der Waals surface area (Å²) in [5.41, 5.74) is 2.08. The lowest BCUT2D eigenvalue weighted by atomic mass is 9.97. The minimum Gasteiger partial charge on any atom is -0.456 e. The number of carbonyl (C=O) groups excluding carboxylic acids is 1. The first-order valence-corrected chi connectivity index (χ1v) is 6.22. The van der Waals surface area contributed by atoms with E-state index in [1.165, 1.54) is 0 Å². The van der Waals surface area contributed by atoms with Crippen molar-refractivity contribution in [3.05, 3.63) is 54.3 Å². The first-order valence-electron chi connectivity index (χ1n) is 6.22. The van der Waals surface area contributed by atoms with Crippen molar-refractivity contribution in [1.29, 1.82) is 0 Å². The molecule has 0 aliphatic heterocycles. The quantitative estimate of drug-likeness (QED) is 0.789. The van der Waals surface area contributed by atoms with Crippen LogP contribution in [0.15, 0.2) is 53.0 Å². The number of allylic oxidation sites excluding steroid dienone is 2. The Labute approximate surface area is 106 Å². The molecule has 0 fully saturated rings. The van der Waals surface area contributed by atoms with E-state index in [4.69, 9.17) is 4.42 Å². The third kappa shape index (κ3) is 2.14. The van der Waals surface area contributed by atoms with E-state index in [1.54, 1.807) is 6.08 Å². The molecule has 0 radical (unpaired) electrons. The van der Waals surface area contributed by atoms with Gasteiger partial charge in [0, 0.05) is 12.0 Å². The monoisotopic (exact) mass is 238 g/mol. The first kappa shape index (κ1) is 11.0. The van der Waals surface area contributed by atoms with Crippen molar-refractivity contribution in [3.63, 3.8) is 0 Å². The van der Waals surface area contributed by atoms with Crippen LogP contribution in [0.3, 0.4) is 0 Å². The van der Waals surface area contributed by atoms with E-state index in [-0.39, 0.29) is 5.78 Å². The normalized spacial score (nSPS) is 15.6. The molecule has 0 amide bonds. The summed E-state index contributed by atoms with van der Waals surface area (Å²) < 4.78 is 5.84. The fraction of sp³-hybridized carbons (Fsp3) is 0.188. The zero-order valence-electron chi connectivity index (χ0n) is 10.1. The molecule has 1 aromatic heterocycles. The number of hydrogen-bond donors (Lipinski definition) is 0. The van der Waals surface area contributed by atoms with E-state index in [1.807, 2.05) is 42.5 Å². The van der Waals surface area contributed by atoms with E-state index in [0.29, 0.717) is 6.42 Å². The molecular formula is C16H14O2. The number of benzene rings is 1. The van der Waals surface area contributed by atoms with Gasteiger partial charge in [-0.3, -0.25) is 4.79 Å². The summed E-state index contributed by atoms with van der Waals surface area (Å²) in [5, 5.41) is 0. The van der Waals surface area contributed by atoms with Crippen molar-refractivity contribution in [2.75, 3.05) is 0 Å². The molecule has 0 bridgehead atoms. The van der Waals surface area contributed by atoms with Crippen molar-refractivity contribution in [1.82, 2.24) is 0 Å². The van der Waals surface area contributed by atoms with Crippen LogP contribution in [0.5, 0.6) is 0 Å². The number of furan rings is 1. The molecule has 90 valence electrons. The van der Waals surface area contributed by atoms with Gasteiger partial charge in [-0.15, -0.1) is 0 Å². The molecule has 1 aliphatic carbocycles. The van der Waals surface area contributed by atoms with Crippen LogP contribution in [0.25, 0.3) is 16.9 Å². The number of hydrogen-bond acceptors (Lipinski definition) is 2. The van der Waals surface area contributed by atoms with E-state index in [0.717, 1.165) is 35.5 Å². The number of carbonyl (C=O) groups is 1. The number of rotatable bonds is 2. The molecule has 18 heavy (non-hydrogen) atoms. The molecule has 0 spiro atoms. The largest absolute Gasteiger partial charge is 0.456 e. The highest BCUT2D eigenvalue weighted by atomic mass is 16.3. The lowest BCUT2D eigenvalue weighted by molar-refractivity contribution is -0.114. The fourth-order valence-electron chi connectivity index (χ4n) is 2.25. The molecule has 1 aliphatic rings. The lowest BCUT2D eigenvalue weighted by Crippen LogP contribution is -2.01. The SMILES string of the molecule is O=C1C=C(c2ccc(-c3ccccc3)o2)CCC1. The Balaban J connectivity index is 1.93. The van der Waals surface area contributed by atoms with Gasteiger partial charge in [0.1, 0.15) is 11.5 Å². The Kier molecular flexibility index (Phi) is 2.85. The third-order valence-electron chi connectivity index (χ3n) is 3.19. The van der Waals surface area contributed by atoms with Crippen molar-refractivity contribution in [2.45, 2.75) is 19.3 Å². The zero-order valence-corrected chi connectivity index (χ0v) is 10.1. The van der Waals surface area contributed by atoms with Gasteiger partial charge in [0.25, 0.3) is 0 Å². The van der Waals surface area contributed by atoms with E-state index in [9.17, 15) is 4.79 Å². The van der Waals surface area contributed by atoms with Gasteiger partial charge >= 0.3 is 0 Å². The zero-order chi connectivity index (χ0) is 12.4. The fourth-order valence-corrected chi connectivity index (χ4v) is 2.25. The topological polar surface area (TPSA) is 30.2 Å². The Morgan fingerprint density at radius 2 is 1.67 bits per heavy atom. The molecule has 0 atom stereocenters. The molecule has 2 heteroatoms. The highest BCUT2D eigenvalue weighted by molar-refractivity contribution is 5.97. The second-order valence-electron chi connectivity index (χ2n) is 4.52. The minimum absolute atomic E-state index is 0.203. The lowest BCUT2D eigenvalue weighted by Gasteiger charge is -2.09. The molecule has 0 saturated carbocycles. The van der Waals surface area contributed by atoms with Gasteiger partial charge in [-0.05, 0) is 36.6 Å². The summed E-state index contributed by atoms with van der Waals surface area (Å²) in [5.74, 6) is 1.88. The van der Waals surface area contributed by atoms with Crippen molar-refractivity contribution in [3.8, 4) is 11.3 Å². The molecule has 3 rings (SSSR count). The molecule has 2 nitrogen and oxygen atoms in total. The smallest absolute Gasteiger partial charge is 0.156 e. The summed E-state index contributed by atoms with van der Waals surface area (Å²) in [7, 11) is 0. The second kappa shape index (κ2) is 4.65. The Morgan fingerprint density at radius 3 is 2.44 bits per heavy atom. The van der Waals surface area contributed by atoms with Crippen LogP contribution in [0.4, 0.5) is 0 Å². The summed E-state index contributed by atoms with van der Waals surface area (Å²) in [6.45, 7) is 0. The summed E-state index contributed by atoms with van der Waals surface area (Å²) in [6, 6.07) is 13.9. The minimum atomic E-state index is 0.203. The highest BCUT2D eigenvalue weighted by Crippen LogP contribution is 2.30. The Bertz CT molecular complexity index is 591. The summed E-state index contributed by atoms with van der Waals surface area (Å²) in [4.78, 5) is 11.4. The maximum absolute atomic E-state index is 11.4. The molecular weight excluding hydrogens is 224 g/mol. The van der Waals surface area contributed by atoms with E-state index < -0.39 is 0 Å². The van der Waals surface area contributed by atoms with Crippen LogP contribution in [0.1, 0.15) is 25.0 Å². The van der Waals surface area contributed by atoms with E-state index >= 15 is 0 Å². The van der Waals surface area contributed by atoms with Crippen LogP contribution in [0.2, 0.25) is 0 Å². The summed E-state index contributed by atoms with van der Waals surface area (Å²) in [6.07, 6.45) is 4.23. The third-order valence-corrected chi connectivity index (χ3v) is 3.19. The van der Waals surface area contributed by atoms with Gasteiger partial charge in [-0.25, -0.2) is 0 Å². The first-order chi connectivity index (χ1) is 8.83. The van der Waals surface area contributed by atoms with Crippen molar-refractivity contribution < 1.29 is 9.21 Å². The maximum atomic E-state index is 11.4. The predicted molar refractivity (Wildman–Crippen MR) is 71.0 cm³/mol. The summed E-state index contributed by atoms with van der Waals surface area (Å²) >= 11 is 0. The molecule has 1 aromatic carbocycles. The van der Waals surface area contributed by atoms with Gasteiger partial charge in [-0.2, -0.15) is 0 Å². The van der Waals surface area contributed by atoms with Gasteiger partial charge in [-0.1, -0.05) is 30.3 Å². The van der Waals surface area contributed by atoms with Crippen molar-refractivity contribution in [2.24, 2.45) is 0 Å². The standard InChI is InChI=1S/C16H14O2/c17-14-8-4-7-13(11-14)16-10-9-15(18-16)12-5-2-1-3-6-12/h1-3,5-6,9-11H,4,7-8H2. The molecule has 0 saturated heterocycles. The van der Waals surface area contributed by atoms with Crippen LogP contribution in [-0.2, 0) is 4.79 Å². The molecule has 1 heterocycles. The van der Waals surface area contributed by atoms with Crippen molar-refractivity contribution >= 4 is 11.4 Å². The van der Waals surface area contributed by atoms with Gasteiger partial charge in [0.05, 0.1) is 0 Å². The highest BCUT2D eigenvalue weighted by Gasteiger charge is 2.14. The molecule has 0 unspecified atom stereocenters. The van der Waals surface area contributed by atoms with Crippen LogP contribution in [0, 0.1) is 0 Å². The average molecular weight is 238 g/mol. The maximum Gasteiger partial charge on any atom is 0.156 e. The predicted octanol–water partition coefficient (Wildman–Crippen LogP) is 4.08. The van der Waals surface area contributed by atoms with Gasteiger partial charge < -0.3 is 4.42 Å². The Hall–Kier alpha value is -2.09. The average Bonchev–Trinajstić information content (AvgIpc) is 2.89. The van der Waals surface area contributed by atoms with Crippen LogP contribution >= 0.6 is 0 Å². The van der Waals surface area contributed by atoms with Crippen LogP contribution in [-0.4, -0.2) is 5.78 Å².